The minimum atomic E-state index is -0.959. The van der Waals surface area contributed by atoms with Gasteiger partial charge in [0.25, 0.3) is 0 Å². The topological polar surface area (TPSA) is 127 Å². The maximum absolute atomic E-state index is 10.6. The summed E-state index contributed by atoms with van der Waals surface area (Å²) in [5.74, 6) is -1.91. The Labute approximate surface area is 153 Å². The van der Waals surface area contributed by atoms with Gasteiger partial charge in [-0.2, -0.15) is 0 Å². The summed E-state index contributed by atoms with van der Waals surface area (Å²) in [6, 6.07) is 13.6. The Bertz CT molecular complexity index is 712. The zero-order chi connectivity index (χ0) is 19.7. The molecule has 2 aromatic carbocycles. The van der Waals surface area contributed by atoms with Gasteiger partial charge in [0.2, 0.25) is 0 Å². The van der Waals surface area contributed by atoms with Crippen LogP contribution in [0.3, 0.4) is 0 Å². The van der Waals surface area contributed by atoms with Gasteiger partial charge in [0.05, 0.1) is 0 Å². The van der Waals surface area contributed by atoms with Crippen LogP contribution in [0.2, 0.25) is 0 Å². The van der Waals surface area contributed by atoms with Crippen LogP contribution in [0.4, 0.5) is 0 Å². The summed E-state index contributed by atoms with van der Waals surface area (Å²) in [5, 5.41) is 17.2. The third kappa shape index (κ3) is 7.04. The van der Waals surface area contributed by atoms with E-state index in [1.165, 1.54) is 0 Å². The molecule has 0 fully saturated rings. The summed E-state index contributed by atoms with van der Waals surface area (Å²) in [5.41, 5.74) is 15.0. The number of hydrogen-bond acceptors (Lipinski definition) is 4. The van der Waals surface area contributed by atoms with Crippen LogP contribution in [0, 0.1) is 13.8 Å². The number of carboxylic acid groups (broad SMARTS) is 2. The number of rotatable bonds is 6. The summed E-state index contributed by atoms with van der Waals surface area (Å²) in [4.78, 5) is 21.0. The van der Waals surface area contributed by atoms with Gasteiger partial charge in [0.15, 0.2) is 0 Å². The molecular weight excluding hydrogens is 332 g/mol. The molecule has 0 unspecified atom stereocenters. The maximum atomic E-state index is 10.6. The van der Waals surface area contributed by atoms with Crippen LogP contribution in [-0.2, 0) is 22.4 Å². The average molecular weight is 358 g/mol. The zero-order valence-corrected chi connectivity index (χ0v) is 15.1. The monoisotopic (exact) mass is 358 g/mol. The predicted octanol–water partition coefficient (Wildman–Crippen LogP) is 1.90. The summed E-state index contributed by atoms with van der Waals surface area (Å²) in [6.07, 6.45) is 0.782. The lowest BCUT2D eigenvalue weighted by atomic mass is 9.97. The molecule has 2 aromatic rings. The first kappa shape index (κ1) is 21.3. The molecule has 0 amide bonds. The summed E-state index contributed by atoms with van der Waals surface area (Å²) in [7, 11) is 0. The number of nitrogens with two attached hydrogens (primary N) is 2. The van der Waals surface area contributed by atoms with E-state index in [1.54, 1.807) is 0 Å². The van der Waals surface area contributed by atoms with Gasteiger partial charge in [-0.3, -0.25) is 9.59 Å². The highest BCUT2D eigenvalue weighted by atomic mass is 16.4. The molecular formula is C20H26N2O4. The van der Waals surface area contributed by atoms with Crippen molar-refractivity contribution in [2.45, 2.75) is 38.8 Å². The van der Waals surface area contributed by atoms with Crippen molar-refractivity contribution in [3.63, 3.8) is 0 Å². The SMILES string of the molecule is Cc1cccc(C)c1C[C@H](N)C(=O)O.N[C@@H](Cc1ccccc1)C(=O)O. The number of aliphatic carboxylic acids is 2. The van der Waals surface area contributed by atoms with E-state index < -0.39 is 24.0 Å². The fourth-order valence-electron chi connectivity index (χ4n) is 2.43. The average Bonchev–Trinajstić information content (AvgIpc) is 2.59. The van der Waals surface area contributed by atoms with Crippen LogP contribution < -0.4 is 11.5 Å². The quantitative estimate of drug-likeness (QED) is 0.625. The van der Waals surface area contributed by atoms with Crippen molar-refractivity contribution >= 4 is 11.9 Å². The Morgan fingerprint density at radius 3 is 1.73 bits per heavy atom. The van der Waals surface area contributed by atoms with E-state index in [2.05, 4.69) is 0 Å². The standard InChI is InChI=1S/C11H15NO2.C9H11NO2/c1-7-4-3-5-8(2)9(7)6-10(12)11(13)14;10-8(9(11)12)6-7-4-2-1-3-5-7/h3-5,10H,6,12H2,1-2H3,(H,13,14);1-5,8H,6,10H2,(H,11,12)/t10-;8-/m00/s1. The van der Waals surface area contributed by atoms with Crippen molar-refractivity contribution in [1.29, 1.82) is 0 Å². The van der Waals surface area contributed by atoms with Gasteiger partial charge in [0, 0.05) is 0 Å². The molecule has 2 rings (SSSR count). The first-order valence-corrected chi connectivity index (χ1v) is 8.28. The first-order chi connectivity index (χ1) is 12.2. The molecule has 0 aliphatic carbocycles. The second-order valence-corrected chi connectivity index (χ2v) is 6.15. The number of benzene rings is 2. The van der Waals surface area contributed by atoms with Gasteiger partial charge in [-0.05, 0) is 48.9 Å². The van der Waals surface area contributed by atoms with Crippen LogP contribution in [0.15, 0.2) is 48.5 Å². The summed E-state index contributed by atoms with van der Waals surface area (Å²) >= 11 is 0. The molecule has 0 bridgehead atoms. The molecule has 6 nitrogen and oxygen atoms in total. The highest BCUT2D eigenvalue weighted by Gasteiger charge is 2.14. The van der Waals surface area contributed by atoms with Gasteiger partial charge >= 0.3 is 11.9 Å². The fraction of sp³-hybridized carbons (Fsp3) is 0.300. The Morgan fingerprint density at radius 1 is 0.808 bits per heavy atom. The molecule has 0 radical (unpaired) electrons. The second-order valence-electron chi connectivity index (χ2n) is 6.15. The van der Waals surface area contributed by atoms with E-state index in [1.807, 2.05) is 62.4 Å². The third-order valence-electron chi connectivity index (χ3n) is 4.00. The Hall–Kier alpha value is -2.70. The first-order valence-electron chi connectivity index (χ1n) is 8.28. The molecule has 2 atom stereocenters. The summed E-state index contributed by atoms with van der Waals surface area (Å²) < 4.78 is 0. The van der Waals surface area contributed by atoms with E-state index in [4.69, 9.17) is 21.7 Å². The van der Waals surface area contributed by atoms with Gasteiger partial charge in [-0.1, -0.05) is 48.5 Å². The number of carboxylic acids is 2. The molecule has 0 heterocycles. The fourth-order valence-corrected chi connectivity index (χ4v) is 2.43. The molecule has 0 saturated heterocycles. The van der Waals surface area contributed by atoms with Gasteiger partial charge in [0.1, 0.15) is 12.1 Å². The molecule has 140 valence electrons. The molecule has 6 heteroatoms. The van der Waals surface area contributed by atoms with Crippen molar-refractivity contribution in [2.24, 2.45) is 11.5 Å². The largest absolute Gasteiger partial charge is 0.480 e. The molecule has 0 aromatic heterocycles. The second kappa shape index (κ2) is 10.3. The third-order valence-corrected chi connectivity index (χ3v) is 4.00. The van der Waals surface area contributed by atoms with Crippen LogP contribution in [0.25, 0.3) is 0 Å². The van der Waals surface area contributed by atoms with Crippen molar-refractivity contribution in [2.75, 3.05) is 0 Å². The van der Waals surface area contributed by atoms with Crippen molar-refractivity contribution in [3.05, 3.63) is 70.8 Å². The van der Waals surface area contributed by atoms with Gasteiger partial charge < -0.3 is 21.7 Å². The van der Waals surface area contributed by atoms with E-state index >= 15 is 0 Å². The van der Waals surface area contributed by atoms with E-state index in [0.29, 0.717) is 12.8 Å². The van der Waals surface area contributed by atoms with E-state index in [0.717, 1.165) is 22.3 Å². The van der Waals surface area contributed by atoms with Crippen molar-refractivity contribution in [1.82, 2.24) is 0 Å². The highest BCUT2D eigenvalue weighted by molar-refractivity contribution is 5.74. The van der Waals surface area contributed by atoms with Crippen LogP contribution in [-0.4, -0.2) is 34.2 Å². The zero-order valence-electron chi connectivity index (χ0n) is 15.1. The van der Waals surface area contributed by atoms with Crippen molar-refractivity contribution in [3.8, 4) is 0 Å². The van der Waals surface area contributed by atoms with Crippen LogP contribution >= 0.6 is 0 Å². The predicted molar refractivity (Wildman–Crippen MR) is 101 cm³/mol. The minimum Gasteiger partial charge on any atom is -0.480 e. The number of hydrogen-bond donors (Lipinski definition) is 4. The smallest absolute Gasteiger partial charge is 0.320 e. The Morgan fingerprint density at radius 2 is 1.27 bits per heavy atom. The van der Waals surface area contributed by atoms with E-state index in [-0.39, 0.29) is 0 Å². The van der Waals surface area contributed by atoms with Crippen LogP contribution in [0.1, 0.15) is 22.3 Å². The Kier molecular flexibility index (Phi) is 8.48. The van der Waals surface area contributed by atoms with Crippen LogP contribution in [0.5, 0.6) is 0 Å². The highest BCUT2D eigenvalue weighted by Crippen LogP contribution is 2.14. The van der Waals surface area contributed by atoms with E-state index in [9.17, 15) is 9.59 Å². The molecule has 0 aliphatic heterocycles. The van der Waals surface area contributed by atoms with Crippen molar-refractivity contribution < 1.29 is 19.8 Å². The lowest BCUT2D eigenvalue weighted by molar-refractivity contribution is -0.139. The van der Waals surface area contributed by atoms with Gasteiger partial charge in [-0.25, -0.2) is 0 Å². The van der Waals surface area contributed by atoms with Gasteiger partial charge in [-0.15, -0.1) is 0 Å². The summed E-state index contributed by atoms with van der Waals surface area (Å²) in [6.45, 7) is 3.94. The minimum absolute atomic E-state index is 0.385. The molecule has 6 N–H and O–H groups in total. The number of carbonyl (C=O) groups is 2. The lowest BCUT2D eigenvalue weighted by Crippen LogP contribution is -2.32. The number of aryl methyl sites for hydroxylation is 2. The molecule has 0 spiro atoms. The lowest BCUT2D eigenvalue weighted by Gasteiger charge is -2.11. The maximum Gasteiger partial charge on any atom is 0.320 e. The molecule has 26 heavy (non-hydrogen) atoms. The Balaban J connectivity index is 0.000000263. The molecule has 0 aliphatic rings. The normalized spacial score (nSPS) is 12.5. The molecule has 0 saturated carbocycles.